The molecule has 4 nitrogen and oxygen atoms in total. The van der Waals surface area contributed by atoms with Crippen molar-refractivity contribution in [2.24, 2.45) is 11.8 Å². The van der Waals surface area contributed by atoms with Crippen LogP contribution in [0.15, 0.2) is 34.6 Å². The normalized spacial score (nSPS) is 30.4. The number of aliphatic hydroxyl groups is 2. The van der Waals surface area contributed by atoms with Crippen LogP contribution in [0.2, 0.25) is 0 Å². The first-order valence-electron chi connectivity index (χ1n) is 9.71. The van der Waals surface area contributed by atoms with E-state index in [0.29, 0.717) is 37.2 Å². The maximum Gasteiger partial charge on any atom is 0.162 e. The van der Waals surface area contributed by atoms with Crippen molar-refractivity contribution in [1.29, 1.82) is 0 Å². The van der Waals surface area contributed by atoms with Gasteiger partial charge in [-0.1, -0.05) is 30.2 Å². The molecule has 0 aliphatic heterocycles. The van der Waals surface area contributed by atoms with Gasteiger partial charge in [0.1, 0.15) is 11.9 Å². The molecular formula is C22H34O4. The summed E-state index contributed by atoms with van der Waals surface area (Å²) in [7, 11) is 1.55. The zero-order chi connectivity index (χ0) is 19.5. The molecule has 0 saturated heterocycles. The smallest absolute Gasteiger partial charge is 0.162 e. The first-order valence-corrected chi connectivity index (χ1v) is 9.71. The topological polar surface area (TPSA) is 66.8 Å². The maximum absolute atomic E-state index is 12.4. The van der Waals surface area contributed by atoms with Gasteiger partial charge in [0.25, 0.3) is 0 Å². The molecule has 4 atom stereocenters. The van der Waals surface area contributed by atoms with E-state index in [4.69, 9.17) is 4.74 Å². The van der Waals surface area contributed by atoms with E-state index in [9.17, 15) is 15.0 Å². The molecule has 0 heterocycles. The van der Waals surface area contributed by atoms with Gasteiger partial charge in [0.15, 0.2) is 5.78 Å². The maximum atomic E-state index is 12.4. The number of ether oxygens (including phenoxy) is 1. The van der Waals surface area contributed by atoms with Gasteiger partial charge < -0.3 is 14.9 Å². The first kappa shape index (κ1) is 20.9. The number of aliphatic hydroxyl groups excluding tert-OH is 1. The van der Waals surface area contributed by atoms with Gasteiger partial charge in [0, 0.05) is 25.0 Å². The fourth-order valence-electron chi connectivity index (χ4n) is 4.18. The molecule has 0 aromatic rings. The number of carbonyl (C=O) groups excluding carboxylic acids is 1. The minimum atomic E-state index is -0.881. The molecule has 0 amide bonds. The van der Waals surface area contributed by atoms with Crippen LogP contribution in [0.4, 0.5) is 0 Å². The summed E-state index contributed by atoms with van der Waals surface area (Å²) in [4.78, 5) is 12.4. The monoisotopic (exact) mass is 362 g/mol. The summed E-state index contributed by atoms with van der Waals surface area (Å²) in [5.74, 6) is 0.239. The predicted molar refractivity (Wildman–Crippen MR) is 104 cm³/mol. The Morgan fingerprint density at radius 2 is 2.15 bits per heavy atom. The summed E-state index contributed by atoms with van der Waals surface area (Å²) in [6.45, 7) is 8.23. The van der Waals surface area contributed by atoms with E-state index in [2.05, 4.69) is 32.9 Å². The molecule has 146 valence electrons. The van der Waals surface area contributed by atoms with Crippen molar-refractivity contribution >= 4 is 5.78 Å². The predicted octanol–water partition coefficient (Wildman–Crippen LogP) is 4.65. The highest BCUT2D eigenvalue weighted by Crippen LogP contribution is 2.45. The van der Waals surface area contributed by atoms with Crippen LogP contribution in [0.25, 0.3) is 0 Å². The summed E-state index contributed by atoms with van der Waals surface area (Å²) in [6, 6.07) is 0. The van der Waals surface area contributed by atoms with E-state index >= 15 is 0 Å². The molecule has 4 heteroatoms. The number of Topliss-reactive ketones (excluding diaryl/α,β-unsaturated/α-hetero) is 1. The molecule has 0 bridgehead atoms. The molecule has 2 aliphatic rings. The third kappa shape index (κ3) is 4.66. The second-order valence-electron chi connectivity index (χ2n) is 8.33. The minimum Gasteiger partial charge on any atom is -0.509 e. The Morgan fingerprint density at radius 3 is 2.77 bits per heavy atom. The van der Waals surface area contributed by atoms with Crippen LogP contribution in [0.5, 0.6) is 0 Å². The van der Waals surface area contributed by atoms with Crippen LogP contribution in [0.1, 0.15) is 66.2 Å². The highest BCUT2D eigenvalue weighted by molar-refractivity contribution is 5.97. The average molecular weight is 363 g/mol. The Hall–Kier alpha value is -1.39. The SMILES string of the molecule is COC1CCC(=O)C(CC2C(C(C)CCC=C(C)C)=CCC2(C)O)=C1O. The number of hydrogen-bond donors (Lipinski definition) is 2. The summed E-state index contributed by atoms with van der Waals surface area (Å²) >= 11 is 0. The molecule has 2 N–H and O–H groups in total. The van der Waals surface area contributed by atoms with E-state index in [1.54, 1.807) is 7.11 Å². The molecule has 0 aromatic carbocycles. The van der Waals surface area contributed by atoms with Crippen molar-refractivity contribution in [1.82, 2.24) is 0 Å². The summed E-state index contributed by atoms with van der Waals surface area (Å²) < 4.78 is 5.30. The molecule has 0 radical (unpaired) electrons. The largest absolute Gasteiger partial charge is 0.509 e. The van der Waals surface area contributed by atoms with Gasteiger partial charge in [-0.2, -0.15) is 0 Å². The zero-order valence-electron chi connectivity index (χ0n) is 16.8. The number of ketones is 1. The summed E-state index contributed by atoms with van der Waals surface area (Å²) in [5.41, 5.74) is 2.09. The Bertz CT molecular complexity index is 620. The first-order chi connectivity index (χ1) is 12.2. The Kier molecular flexibility index (Phi) is 6.86. The molecule has 0 fully saturated rings. The molecule has 2 aliphatic carbocycles. The van der Waals surface area contributed by atoms with Crippen LogP contribution in [0.3, 0.4) is 0 Å². The fraction of sp³-hybridized carbons (Fsp3) is 0.682. The number of methoxy groups -OCH3 is 1. The van der Waals surface area contributed by atoms with Crippen molar-refractivity contribution in [3.05, 3.63) is 34.6 Å². The quantitative estimate of drug-likeness (QED) is 0.647. The van der Waals surface area contributed by atoms with Gasteiger partial charge in [-0.05, 0) is 58.8 Å². The van der Waals surface area contributed by atoms with Crippen LogP contribution < -0.4 is 0 Å². The van der Waals surface area contributed by atoms with Gasteiger partial charge in [0.05, 0.1) is 5.60 Å². The second-order valence-corrected chi connectivity index (χ2v) is 8.33. The summed E-state index contributed by atoms with van der Waals surface area (Å²) in [6.07, 6.45) is 7.88. The molecule has 26 heavy (non-hydrogen) atoms. The van der Waals surface area contributed by atoms with Crippen molar-refractivity contribution in [3.8, 4) is 0 Å². The van der Waals surface area contributed by atoms with E-state index in [1.165, 1.54) is 11.1 Å². The second kappa shape index (κ2) is 8.53. The standard InChI is InChI=1S/C22H34O4/c1-14(2)7-6-8-15(3)16-11-12-22(4,25)18(16)13-17-19(23)9-10-20(26-5)21(17)24/h7,11,15,18,20,24-25H,6,8-10,12-13H2,1-5H3. The average Bonchev–Trinajstić information content (AvgIpc) is 2.86. The van der Waals surface area contributed by atoms with E-state index in [0.717, 1.165) is 12.8 Å². The van der Waals surface area contributed by atoms with Gasteiger partial charge in [-0.25, -0.2) is 0 Å². The van der Waals surface area contributed by atoms with Gasteiger partial charge in [0.2, 0.25) is 0 Å². The van der Waals surface area contributed by atoms with E-state index in [-0.39, 0.29) is 17.5 Å². The molecule has 0 spiro atoms. The van der Waals surface area contributed by atoms with E-state index < -0.39 is 11.7 Å². The lowest BCUT2D eigenvalue weighted by Crippen LogP contribution is -2.35. The Labute approximate surface area is 157 Å². The van der Waals surface area contributed by atoms with Crippen LogP contribution >= 0.6 is 0 Å². The van der Waals surface area contributed by atoms with E-state index in [1.807, 2.05) is 6.92 Å². The molecular weight excluding hydrogens is 328 g/mol. The van der Waals surface area contributed by atoms with Crippen LogP contribution in [-0.2, 0) is 9.53 Å². The lowest BCUT2D eigenvalue weighted by Gasteiger charge is -2.33. The third-order valence-corrected chi connectivity index (χ3v) is 5.90. The van der Waals surface area contributed by atoms with Gasteiger partial charge in [-0.3, -0.25) is 4.79 Å². The number of allylic oxidation sites excluding steroid dienone is 3. The zero-order valence-corrected chi connectivity index (χ0v) is 16.8. The highest BCUT2D eigenvalue weighted by atomic mass is 16.5. The van der Waals surface area contributed by atoms with Gasteiger partial charge >= 0.3 is 0 Å². The van der Waals surface area contributed by atoms with Crippen LogP contribution in [-0.4, -0.2) is 34.8 Å². The van der Waals surface area contributed by atoms with Crippen molar-refractivity contribution < 1.29 is 19.7 Å². The number of carbonyl (C=O) groups is 1. The fourth-order valence-corrected chi connectivity index (χ4v) is 4.18. The van der Waals surface area contributed by atoms with Crippen molar-refractivity contribution in [2.75, 3.05) is 7.11 Å². The number of hydrogen-bond acceptors (Lipinski definition) is 4. The van der Waals surface area contributed by atoms with Gasteiger partial charge in [-0.15, -0.1) is 0 Å². The van der Waals surface area contributed by atoms with Crippen molar-refractivity contribution in [3.63, 3.8) is 0 Å². The third-order valence-electron chi connectivity index (χ3n) is 5.90. The Balaban J connectivity index is 2.20. The lowest BCUT2D eigenvalue weighted by atomic mass is 9.76. The van der Waals surface area contributed by atoms with Crippen LogP contribution in [0, 0.1) is 11.8 Å². The molecule has 4 unspecified atom stereocenters. The number of rotatable bonds is 7. The molecule has 0 saturated carbocycles. The van der Waals surface area contributed by atoms with Crippen molar-refractivity contribution in [2.45, 2.75) is 77.9 Å². The minimum absolute atomic E-state index is 0.0185. The summed E-state index contributed by atoms with van der Waals surface area (Å²) in [5, 5.41) is 21.4. The molecule has 2 rings (SSSR count). The molecule has 0 aromatic heterocycles. The highest BCUT2D eigenvalue weighted by Gasteiger charge is 2.42. The lowest BCUT2D eigenvalue weighted by molar-refractivity contribution is -0.118. The Morgan fingerprint density at radius 1 is 1.46 bits per heavy atom.